The van der Waals surface area contributed by atoms with Crippen molar-refractivity contribution in [3.63, 3.8) is 0 Å². The van der Waals surface area contributed by atoms with Gasteiger partial charge < -0.3 is 10.5 Å². The maximum Gasteiger partial charge on any atom is 0.0576 e. The molecule has 1 aliphatic heterocycles. The molecule has 0 saturated carbocycles. The first kappa shape index (κ1) is 14.4. The molecule has 1 aromatic carbocycles. The van der Waals surface area contributed by atoms with Gasteiger partial charge in [0, 0.05) is 18.8 Å². The van der Waals surface area contributed by atoms with Crippen LogP contribution >= 0.6 is 0 Å². The van der Waals surface area contributed by atoms with E-state index in [0.717, 1.165) is 31.9 Å². The van der Waals surface area contributed by atoms with E-state index >= 15 is 0 Å². The highest BCUT2D eigenvalue weighted by Crippen LogP contribution is 2.17. The van der Waals surface area contributed by atoms with Crippen LogP contribution in [-0.4, -0.2) is 30.7 Å². The smallest absolute Gasteiger partial charge is 0.0576 e. The molecule has 0 bridgehead atoms. The zero-order chi connectivity index (χ0) is 13.5. The molecule has 0 amide bonds. The highest BCUT2D eigenvalue weighted by atomic mass is 16.5. The Morgan fingerprint density at radius 2 is 2.32 bits per heavy atom. The second-order valence-electron chi connectivity index (χ2n) is 5.39. The van der Waals surface area contributed by atoms with Gasteiger partial charge in [-0.3, -0.25) is 4.90 Å². The predicted molar refractivity (Wildman–Crippen MR) is 80.0 cm³/mol. The number of nitrogen functional groups attached to an aromatic ring is 1. The molecule has 1 unspecified atom stereocenters. The molecule has 1 aromatic rings. The SMILES string of the molecule is CCN(CCCC1CCCO1)Cc1cccc(N)c1. The van der Waals surface area contributed by atoms with Crippen molar-refractivity contribution >= 4 is 5.69 Å². The van der Waals surface area contributed by atoms with E-state index in [9.17, 15) is 0 Å². The van der Waals surface area contributed by atoms with E-state index in [1.54, 1.807) is 0 Å². The molecule has 1 aliphatic rings. The summed E-state index contributed by atoms with van der Waals surface area (Å²) in [5.74, 6) is 0. The van der Waals surface area contributed by atoms with E-state index in [1.807, 2.05) is 12.1 Å². The van der Waals surface area contributed by atoms with Crippen LogP contribution in [0.15, 0.2) is 24.3 Å². The van der Waals surface area contributed by atoms with Gasteiger partial charge in [-0.2, -0.15) is 0 Å². The van der Waals surface area contributed by atoms with Crippen molar-refractivity contribution in [1.82, 2.24) is 4.90 Å². The Kier molecular flexibility index (Phi) is 5.67. The zero-order valence-electron chi connectivity index (χ0n) is 12.0. The summed E-state index contributed by atoms with van der Waals surface area (Å²) in [5, 5.41) is 0. The maximum absolute atomic E-state index is 5.82. The van der Waals surface area contributed by atoms with Crippen LogP contribution in [0.2, 0.25) is 0 Å². The summed E-state index contributed by atoms with van der Waals surface area (Å²) in [7, 11) is 0. The molecule has 106 valence electrons. The Labute approximate surface area is 116 Å². The lowest BCUT2D eigenvalue weighted by Crippen LogP contribution is -2.25. The third-order valence-electron chi connectivity index (χ3n) is 3.83. The minimum atomic E-state index is 0.520. The topological polar surface area (TPSA) is 38.5 Å². The molecule has 19 heavy (non-hydrogen) atoms. The lowest BCUT2D eigenvalue weighted by atomic mass is 10.1. The molecule has 1 heterocycles. The monoisotopic (exact) mass is 262 g/mol. The first-order valence-electron chi connectivity index (χ1n) is 7.46. The first-order valence-corrected chi connectivity index (χ1v) is 7.46. The molecule has 3 heteroatoms. The third-order valence-corrected chi connectivity index (χ3v) is 3.83. The summed E-state index contributed by atoms with van der Waals surface area (Å²) >= 11 is 0. The van der Waals surface area contributed by atoms with Crippen LogP contribution in [0, 0.1) is 0 Å². The number of hydrogen-bond donors (Lipinski definition) is 1. The van der Waals surface area contributed by atoms with Gasteiger partial charge in [-0.05, 0) is 56.5 Å². The lowest BCUT2D eigenvalue weighted by Gasteiger charge is -2.21. The standard InChI is InChI=1S/C16H26N2O/c1-2-18(10-4-8-16-9-5-11-19-16)13-14-6-3-7-15(17)12-14/h3,6-7,12,16H,2,4-5,8-11,13,17H2,1H3. The second kappa shape index (κ2) is 7.51. The zero-order valence-corrected chi connectivity index (χ0v) is 12.0. The number of ether oxygens (including phenoxy) is 1. The normalized spacial score (nSPS) is 19.2. The van der Waals surface area contributed by atoms with Crippen LogP contribution in [-0.2, 0) is 11.3 Å². The fraction of sp³-hybridized carbons (Fsp3) is 0.625. The number of anilines is 1. The lowest BCUT2D eigenvalue weighted by molar-refractivity contribution is 0.0986. The van der Waals surface area contributed by atoms with Crippen molar-refractivity contribution in [2.75, 3.05) is 25.4 Å². The second-order valence-corrected chi connectivity index (χ2v) is 5.39. The molecule has 0 aliphatic carbocycles. The van der Waals surface area contributed by atoms with Gasteiger partial charge in [-0.25, -0.2) is 0 Å². The van der Waals surface area contributed by atoms with Crippen molar-refractivity contribution in [2.45, 2.75) is 45.3 Å². The average Bonchev–Trinajstić information content (AvgIpc) is 2.91. The Morgan fingerprint density at radius 3 is 3.00 bits per heavy atom. The number of nitrogens with two attached hydrogens (primary N) is 1. The van der Waals surface area contributed by atoms with Crippen LogP contribution in [0.5, 0.6) is 0 Å². The first-order chi connectivity index (χ1) is 9.28. The molecular weight excluding hydrogens is 236 g/mol. The minimum Gasteiger partial charge on any atom is -0.399 e. The molecule has 0 aromatic heterocycles. The highest BCUT2D eigenvalue weighted by Gasteiger charge is 2.15. The van der Waals surface area contributed by atoms with Crippen LogP contribution in [0.25, 0.3) is 0 Å². The summed E-state index contributed by atoms with van der Waals surface area (Å²) in [6.45, 7) is 6.41. The quantitative estimate of drug-likeness (QED) is 0.768. The highest BCUT2D eigenvalue weighted by molar-refractivity contribution is 5.40. The van der Waals surface area contributed by atoms with Gasteiger partial charge in [0.25, 0.3) is 0 Å². The number of hydrogen-bond acceptors (Lipinski definition) is 3. The molecule has 1 saturated heterocycles. The van der Waals surface area contributed by atoms with E-state index < -0.39 is 0 Å². The van der Waals surface area contributed by atoms with Crippen LogP contribution in [0.1, 0.15) is 38.2 Å². The van der Waals surface area contributed by atoms with Gasteiger partial charge in [0.15, 0.2) is 0 Å². The molecule has 3 nitrogen and oxygen atoms in total. The van der Waals surface area contributed by atoms with Crippen LogP contribution in [0.4, 0.5) is 5.69 Å². The molecule has 2 rings (SSSR count). The largest absolute Gasteiger partial charge is 0.399 e. The summed E-state index contributed by atoms with van der Waals surface area (Å²) in [4.78, 5) is 2.48. The maximum atomic E-state index is 5.82. The summed E-state index contributed by atoms with van der Waals surface area (Å²) in [5.41, 5.74) is 7.98. The predicted octanol–water partition coefficient (Wildman–Crippen LogP) is 3.05. The van der Waals surface area contributed by atoms with Gasteiger partial charge in [0.2, 0.25) is 0 Å². The van der Waals surface area contributed by atoms with E-state index in [2.05, 4.69) is 24.0 Å². The fourth-order valence-corrected chi connectivity index (χ4v) is 2.71. The van der Waals surface area contributed by atoms with Crippen molar-refractivity contribution in [3.8, 4) is 0 Å². The molecule has 2 N–H and O–H groups in total. The fourth-order valence-electron chi connectivity index (χ4n) is 2.71. The summed E-state index contributed by atoms with van der Waals surface area (Å²) in [6.07, 6.45) is 5.44. The summed E-state index contributed by atoms with van der Waals surface area (Å²) in [6, 6.07) is 8.20. The Bertz CT molecular complexity index is 375. The number of nitrogens with zero attached hydrogens (tertiary/aromatic N) is 1. The van der Waals surface area contributed by atoms with E-state index in [1.165, 1.54) is 31.2 Å². The Morgan fingerprint density at radius 1 is 1.42 bits per heavy atom. The van der Waals surface area contributed by atoms with Crippen molar-refractivity contribution < 1.29 is 4.74 Å². The van der Waals surface area contributed by atoms with Crippen molar-refractivity contribution in [1.29, 1.82) is 0 Å². The van der Waals surface area contributed by atoms with Gasteiger partial charge >= 0.3 is 0 Å². The van der Waals surface area contributed by atoms with E-state index in [0.29, 0.717) is 6.10 Å². The van der Waals surface area contributed by atoms with Gasteiger partial charge in [-0.15, -0.1) is 0 Å². The molecular formula is C16H26N2O. The minimum absolute atomic E-state index is 0.520. The summed E-state index contributed by atoms with van der Waals surface area (Å²) < 4.78 is 5.67. The van der Waals surface area contributed by atoms with Crippen LogP contribution < -0.4 is 5.73 Å². The Hall–Kier alpha value is -1.06. The Balaban J connectivity index is 1.73. The van der Waals surface area contributed by atoms with E-state index in [-0.39, 0.29) is 0 Å². The van der Waals surface area contributed by atoms with E-state index in [4.69, 9.17) is 10.5 Å². The number of rotatable bonds is 7. The average molecular weight is 262 g/mol. The molecule has 1 atom stereocenters. The number of benzene rings is 1. The van der Waals surface area contributed by atoms with Crippen molar-refractivity contribution in [2.24, 2.45) is 0 Å². The van der Waals surface area contributed by atoms with Crippen molar-refractivity contribution in [3.05, 3.63) is 29.8 Å². The molecule has 0 radical (unpaired) electrons. The van der Waals surface area contributed by atoms with Gasteiger partial charge in [0.05, 0.1) is 6.10 Å². The van der Waals surface area contributed by atoms with Gasteiger partial charge in [0.1, 0.15) is 0 Å². The van der Waals surface area contributed by atoms with Gasteiger partial charge in [-0.1, -0.05) is 19.1 Å². The molecule has 0 spiro atoms. The molecule has 1 fully saturated rings. The van der Waals surface area contributed by atoms with Crippen LogP contribution in [0.3, 0.4) is 0 Å². The third kappa shape index (κ3) is 4.84.